The van der Waals surface area contributed by atoms with E-state index in [2.05, 4.69) is 5.32 Å². The number of amides is 1. The van der Waals surface area contributed by atoms with Crippen LogP contribution in [0.3, 0.4) is 0 Å². The Bertz CT molecular complexity index is 466. The van der Waals surface area contributed by atoms with E-state index in [1.54, 1.807) is 24.3 Å². The third-order valence-electron chi connectivity index (χ3n) is 2.88. The quantitative estimate of drug-likeness (QED) is 0.635. The van der Waals surface area contributed by atoms with Gasteiger partial charge in [0, 0.05) is 18.4 Å². The normalized spacial score (nSPS) is 29.8. The average Bonchev–Trinajstić information content (AvgIpc) is 2.41. The van der Waals surface area contributed by atoms with Crippen molar-refractivity contribution in [3.63, 3.8) is 0 Å². The molecule has 0 aromatic heterocycles. The van der Waals surface area contributed by atoms with E-state index in [0.29, 0.717) is 17.2 Å². The Hall–Kier alpha value is -1.28. The van der Waals surface area contributed by atoms with Crippen LogP contribution in [0.25, 0.3) is 0 Å². The van der Waals surface area contributed by atoms with E-state index in [-0.39, 0.29) is 5.91 Å². The van der Waals surface area contributed by atoms with E-state index in [1.807, 2.05) is 0 Å². The monoisotopic (exact) mass is 299 g/mol. The lowest BCUT2D eigenvalue weighted by atomic mass is 10.1. The van der Waals surface area contributed by atoms with Gasteiger partial charge in [0.2, 0.25) is 5.91 Å². The van der Waals surface area contributed by atoms with Crippen LogP contribution in [-0.4, -0.2) is 50.7 Å². The molecule has 1 fully saturated rings. The number of anilines is 1. The molecular formula is C13H17NO5S. The van der Waals surface area contributed by atoms with Crippen molar-refractivity contribution in [2.75, 3.05) is 11.1 Å². The van der Waals surface area contributed by atoms with Crippen LogP contribution in [0.15, 0.2) is 24.3 Å². The lowest BCUT2D eigenvalue weighted by Crippen LogP contribution is -2.50. The Morgan fingerprint density at radius 3 is 2.50 bits per heavy atom. The summed E-state index contributed by atoms with van der Waals surface area (Å²) in [7, 11) is 0. The third kappa shape index (κ3) is 3.63. The topological polar surface area (TPSA) is 99.0 Å². The van der Waals surface area contributed by atoms with Crippen LogP contribution in [0.4, 0.5) is 5.69 Å². The van der Waals surface area contributed by atoms with E-state index in [1.165, 1.54) is 18.7 Å². The molecule has 7 heteroatoms. The highest BCUT2D eigenvalue weighted by Gasteiger charge is 2.38. The average molecular weight is 299 g/mol. The number of hydrogen-bond donors (Lipinski definition) is 4. The molecule has 0 aliphatic carbocycles. The number of ether oxygens (including phenoxy) is 1. The maximum Gasteiger partial charge on any atom is 0.221 e. The van der Waals surface area contributed by atoms with Gasteiger partial charge in [0.25, 0.3) is 0 Å². The predicted molar refractivity (Wildman–Crippen MR) is 75.6 cm³/mol. The standard InChI is InChI=1S/C13H17NO5S/c1-7(15)14-8-2-4-9(5-3-8)19-13-12(18)11(17)10(16)6-20-13/h2-5,10-13,16-18H,6H2,1H3,(H,14,15)/t10-,11+,12-,13-/m1/s1. The van der Waals surface area contributed by atoms with Crippen LogP contribution in [0.2, 0.25) is 0 Å². The molecule has 6 nitrogen and oxygen atoms in total. The van der Waals surface area contributed by atoms with E-state index in [4.69, 9.17) is 4.74 Å². The number of hydrogen-bond acceptors (Lipinski definition) is 6. The minimum atomic E-state index is -1.21. The first-order chi connectivity index (χ1) is 9.47. The van der Waals surface area contributed by atoms with Crippen molar-refractivity contribution in [2.45, 2.75) is 30.7 Å². The van der Waals surface area contributed by atoms with Crippen molar-refractivity contribution in [2.24, 2.45) is 0 Å². The largest absolute Gasteiger partial charge is 0.477 e. The molecule has 4 N–H and O–H groups in total. The lowest BCUT2D eigenvalue weighted by molar-refractivity contribution is -0.114. The van der Waals surface area contributed by atoms with E-state index in [9.17, 15) is 20.1 Å². The minimum Gasteiger partial charge on any atom is -0.477 e. The molecule has 0 bridgehead atoms. The Labute approximate surface area is 120 Å². The lowest BCUT2D eigenvalue weighted by Gasteiger charge is -2.34. The highest BCUT2D eigenvalue weighted by atomic mass is 32.2. The fourth-order valence-corrected chi connectivity index (χ4v) is 2.96. The maximum absolute atomic E-state index is 10.9. The number of aliphatic hydroxyl groups excluding tert-OH is 3. The molecule has 110 valence electrons. The maximum atomic E-state index is 10.9. The molecule has 1 saturated heterocycles. The molecule has 4 atom stereocenters. The van der Waals surface area contributed by atoms with Gasteiger partial charge in [-0.25, -0.2) is 0 Å². The van der Waals surface area contributed by atoms with Crippen LogP contribution >= 0.6 is 11.8 Å². The predicted octanol–water partition coefficient (Wildman–Crippen LogP) is 0.179. The van der Waals surface area contributed by atoms with Crippen LogP contribution in [0.5, 0.6) is 5.75 Å². The van der Waals surface area contributed by atoms with Gasteiger partial charge in [-0.1, -0.05) is 0 Å². The fourth-order valence-electron chi connectivity index (χ4n) is 1.84. The summed E-state index contributed by atoms with van der Waals surface area (Å²) in [6.07, 6.45) is -3.31. The summed E-state index contributed by atoms with van der Waals surface area (Å²) in [6.45, 7) is 1.42. The van der Waals surface area contributed by atoms with Gasteiger partial charge in [0.1, 0.15) is 18.0 Å². The van der Waals surface area contributed by atoms with E-state index >= 15 is 0 Å². The summed E-state index contributed by atoms with van der Waals surface area (Å²) in [6, 6.07) is 6.69. The van der Waals surface area contributed by atoms with Crippen molar-refractivity contribution in [1.82, 2.24) is 0 Å². The zero-order valence-corrected chi connectivity index (χ0v) is 11.7. The molecule has 1 aromatic rings. The number of aliphatic hydroxyl groups is 3. The van der Waals surface area contributed by atoms with Crippen molar-refractivity contribution in [3.8, 4) is 5.75 Å². The number of rotatable bonds is 3. The Kier molecular flexibility index (Phi) is 4.87. The van der Waals surface area contributed by atoms with Crippen molar-refractivity contribution in [3.05, 3.63) is 24.3 Å². The van der Waals surface area contributed by atoms with Gasteiger partial charge in [-0.15, -0.1) is 11.8 Å². The molecule has 1 amide bonds. The number of nitrogens with one attached hydrogen (secondary N) is 1. The first-order valence-electron chi connectivity index (χ1n) is 6.17. The Morgan fingerprint density at radius 2 is 1.90 bits per heavy atom. The molecule has 1 heterocycles. The summed E-state index contributed by atoms with van der Waals surface area (Å²) in [4.78, 5) is 10.9. The Balaban J connectivity index is 1.98. The van der Waals surface area contributed by atoms with Crippen molar-refractivity contribution < 1.29 is 24.9 Å². The van der Waals surface area contributed by atoms with Gasteiger partial charge in [-0.2, -0.15) is 0 Å². The fraction of sp³-hybridized carbons (Fsp3) is 0.462. The second kappa shape index (κ2) is 6.45. The highest BCUT2D eigenvalue weighted by molar-refractivity contribution is 7.99. The van der Waals surface area contributed by atoms with Gasteiger partial charge in [0.15, 0.2) is 5.44 Å². The molecule has 2 rings (SSSR count). The van der Waals surface area contributed by atoms with Gasteiger partial charge in [-0.3, -0.25) is 4.79 Å². The summed E-state index contributed by atoms with van der Waals surface area (Å²) in [5.74, 6) is 0.653. The molecule has 0 radical (unpaired) electrons. The first-order valence-corrected chi connectivity index (χ1v) is 7.22. The molecule has 1 aliphatic rings. The van der Waals surface area contributed by atoms with Crippen LogP contribution < -0.4 is 10.1 Å². The zero-order chi connectivity index (χ0) is 14.7. The summed E-state index contributed by atoms with van der Waals surface area (Å²) in [5.41, 5.74) is 0.0113. The summed E-state index contributed by atoms with van der Waals surface area (Å²) < 4.78 is 5.58. The number of benzene rings is 1. The molecule has 20 heavy (non-hydrogen) atoms. The van der Waals surface area contributed by atoms with Crippen molar-refractivity contribution >= 4 is 23.4 Å². The van der Waals surface area contributed by atoms with E-state index < -0.39 is 23.7 Å². The smallest absolute Gasteiger partial charge is 0.221 e. The van der Waals surface area contributed by atoms with Gasteiger partial charge >= 0.3 is 0 Å². The van der Waals surface area contributed by atoms with Crippen LogP contribution in [-0.2, 0) is 4.79 Å². The highest BCUT2D eigenvalue weighted by Crippen LogP contribution is 2.29. The summed E-state index contributed by atoms with van der Waals surface area (Å²) in [5, 5.41) is 31.5. The molecule has 0 spiro atoms. The Morgan fingerprint density at radius 1 is 1.25 bits per heavy atom. The van der Waals surface area contributed by atoms with Gasteiger partial charge < -0.3 is 25.4 Å². The molecular weight excluding hydrogens is 282 g/mol. The van der Waals surface area contributed by atoms with Crippen LogP contribution in [0.1, 0.15) is 6.92 Å². The second-order valence-electron chi connectivity index (χ2n) is 4.57. The molecule has 1 aliphatic heterocycles. The van der Waals surface area contributed by atoms with Gasteiger partial charge in [-0.05, 0) is 24.3 Å². The molecule has 1 aromatic carbocycles. The number of carbonyl (C=O) groups is 1. The van der Waals surface area contributed by atoms with E-state index in [0.717, 1.165) is 0 Å². The second-order valence-corrected chi connectivity index (χ2v) is 5.70. The number of thioether (sulfide) groups is 1. The zero-order valence-electron chi connectivity index (χ0n) is 10.9. The SMILES string of the molecule is CC(=O)Nc1ccc(O[C@@H]2SC[C@@H](O)[C@H](O)[C@H]2O)cc1. The molecule has 0 unspecified atom stereocenters. The third-order valence-corrected chi connectivity index (χ3v) is 4.12. The van der Waals surface area contributed by atoms with Gasteiger partial charge in [0.05, 0.1) is 6.10 Å². The van der Waals surface area contributed by atoms with Crippen molar-refractivity contribution in [1.29, 1.82) is 0 Å². The first kappa shape index (κ1) is 15.1. The van der Waals surface area contributed by atoms with Crippen LogP contribution in [0, 0.1) is 0 Å². The molecule has 0 saturated carbocycles. The summed E-state index contributed by atoms with van der Waals surface area (Å²) >= 11 is 1.24. The minimum absolute atomic E-state index is 0.158. The number of carbonyl (C=O) groups excluding carboxylic acids is 1.